The van der Waals surface area contributed by atoms with E-state index < -0.39 is 10.0 Å². The van der Waals surface area contributed by atoms with Gasteiger partial charge in [0, 0.05) is 18.3 Å². The Morgan fingerprint density at radius 2 is 1.88 bits per heavy atom. The lowest BCUT2D eigenvalue weighted by atomic mass is 10.2. The summed E-state index contributed by atoms with van der Waals surface area (Å²) in [6.45, 7) is 1.97. The van der Waals surface area contributed by atoms with Gasteiger partial charge in [-0.15, -0.1) is 0 Å². The van der Waals surface area contributed by atoms with Crippen LogP contribution in [0.15, 0.2) is 60.0 Å². The average Bonchev–Trinajstić information content (AvgIpc) is 2.99. The number of sulfonamides is 1. The van der Waals surface area contributed by atoms with Crippen molar-refractivity contribution in [1.82, 2.24) is 9.55 Å². The number of nitrogens with zero attached hydrogens (tertiary/aromatic N) is 2. The number of benzene rings is 2. The van der Waals surface area contributed by atoms with Crippen molar-refractivity contribution in [2.24, 2.45) is 7.05 Å². The van der Waals surface area contributed by atoms with Crippen LogP contribution in [-0.4, -0.2) is 18.0 Å². The van der Waals surface area contributed by atoms with E-state index in [1.807, 2.05) is 19.1 Å². The molecule has 1 aromatic heterocycles. The first-order valence-corrected chi connectivity index (χ1v) is 9.24. The standard InChI is InChI=1S/C17H16ClN3O3S/c1-12-3-6-14(7-4-12)24-16-8-5-13(18)9-15(16)20-25(22,23)17-10-21(2)11-19-17/h3-11,20H,1-2H3. The molecule has 1 N–H and O–H groups in total. The summed E-state index contributed by atoms with van der Waals surface area (Å²) in [5, 5.41) is 0.297. The number of nitrogens with one attached hydrogen (secondary N) is 1. The topological polar surface area (TPSA) is 73.2 Å². The Bertz CT molecular complexity index is 998. The van der Waals surface area contributed by atoms with Gasteiger partial charge in [0.05, 0.1) is 12.0 Å². The minimum absolute atomic E-state index is 0.0868. The average molecular weight is 378 g/mol. The van der Waals surface area contributed by atoms with Crippen LogP contribution in [-0.2, 0) is 17.1 Å². The third-order valence-electron chi connectivity index (χ3n) is 3.39. The van der Waals surface area contributed by atoms with Crippen LogP contribution in [0.4, 0.5) is 5.69 Å². The maximum Gasteiger partial charge on any atom is 0.281 e. The van der Waals surface area contributed by atoms with E-state index in [1.165, 1.54) is 18.6 Å². The highest BCUT2D eigenvalue weighted by molar-refractivity contribution is 7.92. The molecule has 0 saturated carbocycles. The molecule has 6 nitrogen and oxygen atoms in total. The van der Waals surface area contributed by atoms with Crippen molar-refractivity contribution in [2.75, 3.05) is 4.72 Å². The number of ether oxygens (including phenoxy) is 1. The maximum atomic E-state index is 12.5. The Balaban J connectivity index is 1.92. The van der Waals surface area contributed by atoms with Gasteiger partial charge in [0.1, 0.15) is 5.75 Å². The zero-order valence-electron chi connectivity index (χ0n) is 13.6. The molecule has 3 rings (SSSR count). The molecule has 3 aromatic rings. The second kappa shape index (κ2) is 6.78. The predicted octanol–water partition coefficient (Wildman–Crippen LogP) is 3.98. The van der Waals surface area contributed by atoms with Crippen LogP contribution >= 0.6 is 11.6 Å². The summed E-state index contributed by atoms with van der Waals surface area (Å²) in [5.41, 5.74) is 1.33. The van der Waals surface area contributed by atoms with Gasteiger partial charge in [-0.05, 0) is 37.3 Å². The minimum atomic E-state index is -3.85. The highest BCUT2D eigenvalue weighted by Crippen LogP contribution is 2.33. The van der Waals surface area contributed by atoms with Crippen LogP contribution in [0.3, 0.4) is 0 Å². The Hall–Kier alpha value is -2.51. The molecule has 2 aromatic carbocycles. The van der Waals surface area contributed by atoms with E-state index in [0.717, 1.165) is 5.56 Å². The van der Waals surface area contributed by atoms with Crippen molar-refractivity contribution < 1.29 is 13.2 Å². The zero-order valence-corrected chi connectivity index (χ0v) is 15.2. The van der Waals surface area contributed by atoms with E-state index in [1.54, 1.807) is 35.9 Å². The highest BCUT2D eigenvalue weighted by atomic mass is 35.5. The third kappa shape index (κ3) is 4.12. The molecule has 0 bridgehead atoms. The minimum Gasteiger partial charge on any atom is -0.455 e. The van der Waals surface area contributed by atoms with Crippen LogP contribution < -0.4 is 9.46 Å². The van der Waals surface area contributed by atoms with Crippen molar-refractivity contribution in [2.45, 2.75) is 11.9 Å². The maximum absolute atomic E-state index is 12.5. The predicted molar refractivity (Wildman–Crippen MR) is 96.7 cm³/mol. The fourth-order valence-electron chi connectivity index (χ4n) is 2.13. The SMILES string of the molecule is Cc1ccc(Oc2ccc(Cl)cc2NS(=O)(=O)c2cn(C)cn2)cc1. The lowest BCUT2D eigenvalue weighted by Crippen LogP contribution is -2.14. The Labute approximate surface area is 151 Å². The van der Waals surface area contributed by atoms with E-state index >= 15 is 0 Å². The highest BCUT2D eigenvalue weighted by Gasteiger charge is 2.19. The molecule has 0 radical (unpaired) electrons. The number of aromatic nitrogens is 2. The van der Waals surface area contributed by atoms with Crippen LogP contribution in [0.25, 0.3) is 0 Å². The van der Waals surface area contributed by atoms with Gasteiger partial charge >= 0.3 is 0 Å². The van der Waals surface area contributed by atoms with Crippen molar-refractivity contribution >= 4 is 27.3 Å². The van der Waals surface area contributed by atoms with Crippen molar-refractivity contribution in [3.63, 3.8) is 0 Å². The summed E-state index contributed by atoms with van der Waals surface area (Å²) in [5.74, 6) is 0.930. The smallest absolute Gasteiger partial charge is 0.281 e. The van der Waals surface area contributed by atoms with Gasteiger partial charge in [-0.2, -0.15) is 8.42 Å². The van der Waals surface area contributed by atoms with Gasteiger partial charge in [-0.3, -0.25) is 4.72 Å². The van der Waals surface area contributed by atoms with Gasteiger partial charge in [0.2, 0.25) is 0 Å². The molecule has 0 aliphatic rings. The van der Waals surface area contributed by atoms with Gasteiger partial charge in [0.25, 0.3) is 10.0 Å². The Morgan fingerprint density at radius 1 is 1.16 bits per heavy atom. The van der Waals surface area contributed by atoms with E-state index in [-0.39, 0.29) is 10.7 Å². The fraction of sp³-hybridized carbons (Fsp3) is 0.118. The first kappa shape index (κ1) is 17.3. The number of aryl methyl sites for hydroxylation is 2. The lowest BCUT2D eigenvalue weighted by Gasteiger charge is -2.13. The summed E-state index contributed by atoms with van der Waals surface area (Å²) in [4.78, 5) is 3.87. The van der Waals surface area contributed by atoms with E-state index in [4.69, 9.17) is 16.3 Å². The monoisotopic (exact) mass is 377 g/mol. The van der Waals surface area contributed by atoms with Gasteiger partial charge in [-0.25, -0.2) is 4.98 Å². The van der Waals surface area contributed by atoms with Crippen LogP contribution in [0.1, 0.15) is 5.56 Å². The summed E-state index contributed by atoms with van der Waals surface area (Å²) < 4.78 is 34.8. The molecule has 0 atom stereocenters. The normalized spacial score (nSPS) is 11.3. The second-order valence-electron chi connectivity index (χ2n) is 5.54. The number of rotatable bonds is 5. The first-order valence-electron chi connectivity index (χ1n) is 7.38. The Kier molecular flexibility index (Phi) is 4.69. The van der Waals surface area contributed by atoms with E-state index in [9.17, 15) is 8.42 Å². The zero-order chi connectivity index (χ0) is 18.0. The molecule has 130 valence electrons. The molecule has 0 unspecified atom stereocenters. The summed E-state index contributed by atoms with van der Waals surface area (Å²) in [6, 6.07) is 12.2. The molecule has 0 aliphatic carbocycles. The largest absolute Gasteiger partial charge is 0.455 e. The van der Waals surface area contributed by atoms with Crippen molar-refractivity contribution in [1.29, 1.82) is 0 Å². The molecule has 25 heavy (non-hydrogen) atoms. The lowest BCUT2D eigenvalue weighted by molar-refractivity contribution is 0.484. The van der Waals surface area contributed by atoms with Crippen molar-refractivity contribution in [3.8, 4) is 11.5 Å². The van der Waals surface area contributed by atoms with Crippen LogP contribution in [0.2, 0.25) is 5.02 Å². The van der Waals surface area contributed by atoms with E-state index in [2.05, 4.69) is 9.71 Å². The van der Waals surface area contributed by atoms with Gasteiger partial charge < -0.3 is 9.30 Å². The molecule has 8 heteroatoms. The molecule has 0 spiro atoms. The number of anilines is 1. The quantitative estimate of drug-likeness (QED) is 0.730. The number of imidazole rings is 1. The third-order valence-corrected chi connectivity index (χ3v) is 4.88. The fourth-order valence-corrected chi connectivity index (χ4v) is 3.35. The number of hydrogen-bond donors (Lipinski definition) is 1. The van der Waals surface area contributed by atoms with Gasteiger partial charge in [-0.1, -0.05) is 29.3 Å². The molecular weight excluding hydrogens is 362 g/mol. The molecule has 0 amide bonds. The molecule has 0 aliphatic heterocycles. The Morgan fingerprint density at radius 3 is 2.52 bits per heavy atom. The summed E-state index contributed by atoms with van der Waals surface area (Å²) >= 11 is 6.01. The van der Waals surface area contributed by atoms with Gasteiger partial charge in [0.15, 0.2) is 10.8 Å². The second-order valence-corrected chi connectivity index (χ2v) is 7.60. The number of hydrogen-bond acceptors (Lipinski definition) is 4. The molecule has 0 fully saturated rings. The summed E-state index contributed by atoms with van der Waals surface area (Å²) in [6.07, 6.45) is 2.82. The molecule has 1 heterocycles. The number of halogens is 1. The first-order chi connectivity index (χ1) is 11.8. The van der Waals surface area contributed by atoms with Crippen molar-refractivity contribution in [3.05, 3.63) is 65.6 Å². The summed E-state index contributed by atoms with van der Waals surface area (Å²) in [7, 11) is -2.16. The molecule has 0 saturated heterocycles. The van der Waals surface area contributed by atoms with Crippen LogP contribution in [0.5, 0.6) is 11.5 Å². The van der Waals surface area contributed by atoms with E-state index in [0.29, 0.717) is 16.5 Å². The van der Waals surface area contributed by atoms with Crippen LogP contribution in [0, 0.1) is 6.92 Å². The molecular formula is C17H16ClN3O3S.